The molecule has 0 aliphatic heterocycles. The number of hydrogen-bond donors (Lipinski definition) is 0. The summed E-state index contributed by atoms with van der Waals surface area (Å²) in [5.41, 5.74) is 2.50. The summed E-state index contributed by atoms with van der Waals surface area (Å²) in [6.45, 7) is 0. The van der Waals surface area contributed by atoms with Crippen LogP contribution in [0.3, 0.4) is 0 Å². The third-order valence-electron chi connectivity index (χ3n) is 3.24. The second-order valence-electron chi connectivity index (χ2n) is 4.42. The minimum Gasteiger partial charge on any atom is -0.468 e. The van der Waals surface area contributed by atoms with Crippen molar-refractivity contribution in [3.8, 4) is 6.01 Å². The largest absolute Gasteiger partial charge is 0.468 e. The molecule has 0 radical (unpaired) electrons. The van der Waals surface area contributed by atoms with Gasteiger partial charge in [-0.2, -0.15) is 4.98 Å². The molecule has 0 spiro atoms. The molecular weight excluding hydrogens is 254 g/mol. The Labute approximate surface area is 116 Å². The maximum atomic E-state index is 5.24. The summed E-state index contributed by atoms with van der Waals surface area (Å²) in [4.78, 5) is 15.1. The molecule has 6 heteroatoms. The average molecular weight is 269 g/mol. The number of para-hydroxylation sites is 1. The lowest BCUT2D eigenvalue weighted by Crippen LogP contribution is -2.12. The quantitative estimate of drug-likeness (QED) is 0.729. The maximum Gasteiger partial charge on any atom is 0.298 e. The monoisotopic (exact) mass is 269 g/mol. The van der Waals surface area contributed by atoms with Crippen molar-refractivity contribution in [2.45, 2.75) is 0 Å². The van der Waals surface area contributed by atoms with E-state index in [1.54, 1.807) is 11.7 Å². The van der Waals surface area contributed by atoms with Crippen LogP contribution in [-0.4, -0.2) is 33.7 Å². The first kappa shape index (κ1) is 12.4. The summed E-state index contributed by atoms with van der Waals surface area (Å²) in [6, 6.07) is 10.5. The first-order valence-electron chi connectivity index (χ1n) is 6.22. The minimum absolute atomic E-state index is 0.517. The molecule has 3 rings (SSSR count). The van der Waals surface area contributed by atoms with Crippen LogP contribution in [0.1, 0.15) is 0 Å². The first-order chi connectivity index (χ1) is 9.72. The number of hydrogen-bond acceptors (Lipinski definition) is 5. The molecule has 0 atom stereocenters. The van der Waals surface area contributed by atoms with Gasteiger partial charge in [0.05, 0.1) is 7.11 Å². The van der Waals surface area contributed by atoms with Gasteiger partial charge >= 0.3 is 0 Å². The molecule has 0 saturated heterocycles. The lowest BCUT2D eigenvalue weighted by Gasteiger charge is -2.17. The molecule has 0 amide bonds. The zero-order chi connectivity index (χ0) is 14.1. The molecule has 0 fully saturated rings. The number of aryl methyl sites for hydroxylation is 1. The van der Waals surface area contributed by atoms with E-state index in [1.165, 1.54) is 6.33 Å². The minimum atomic E-state index is 0.517. The van der Waals surface area contributed by atoms with Crippen molar-refractivity contribution in [1.82, 2.24) is 19.5 Å². The number of ether oxygens (including phenoxy) is 1. The molecule has 0 saturated carbocycles. The fraction of sp³-hybridized carbons (Fsp3) is 0.214. The van der Waals surface area contributed by atoms with Gasteiger partial charge in [0.1, 0.15) is 6.33 Å². The zero-order valence-electron chi connectivity index (χ0n) is 11.6. The number of nitrogens with zero attached hydrogens (tertiary/aromatic N) is 5. The van der Waals surface area contributed by atoms with Gasteiger partial charge in [0, 0.05) is 19.8 Å². The highest BCUT2D eigenvalue weighted by molar-refractivity contribution is 5.86. The van der Waals surface area contributed by atoms with E-state index in [0.717, 1.165) is 22.7 Å². The zero-order valence-corrected chi connectivity index (χ0v) is 11.6. The highest BCUT2D eigenvalue weighted by Gasteiger charge is 2.17. The fourth-order valence-electron chi connectivity index (χ4n) is 2.17. The smallest absolute Gasteiger partial charge is 0.298 e. The standard InChI is InChI=1S/C14H15N5O/c1-18(10-7-5-4-6-8-10)12-11-13(16-9-15-12)19(2)14(17-11)20-3/h4-9H,1-3H3. The Morgan fingerprint density at radius 3 is 2.60 bits per heavy atom. The highest BCUT2D eigenvalue weighted by Crippen LogP contribution is 2.28. The van der Waals surface area contributed by atoms with Gasteiger partial charge in [-0.1, -0.05) is 18.2 Å². The van der Waals surface area contributed by atoms with Crippen LogP contribution < -0.4 is 9.64 Å². The van der Waals surface area contributed by atoms with Gasteiger partial charge in [0.2, 0.25) is 0 Å². The number of benzene rings is 1. The Morgan fingerprint density at radius 1 is 1.15 bits per heavy atom. The number of fused-ring (bicyclic) bond motifs is 1. The number of rotatable bonds is 3. The summed E-state index contributed by atoms with van der Waals surface area (Å²) < 4.78 is 7.04. The Balaban J connectivity index is 2.17. The van der Waals surface area contributed by atoms with E-state index in [-0.39, 0.29) is 0 Å². The Morgan fingerprint density at radius 2 is 1.90 bits per heavy atom. The molecule has 2 aromatic heterocycles. The molecule has 0 bridgehead atoms. The highest BCUT2D eigenvalue weighted by atomic mass is 16.5. The van der Waals surface area contributed by atoms with E-state index < -0.39 is 0 Å². The van der Waals surface area contributed by atoms with Crippen LogP contribution in [0.5, 0.6) is 6.01 Å². The predicted molar refractivity (Wildman–Crippen MR) is 77.4 cm³/mol. The summed E-state index contributed by atoms with van der Waals surface area (Å²) >= 11 is 0. The molecular formula is C14H15N5O. The molecule has 6 nitrogen and oxygen atoms in total. The SMILES string of the molecule is COc1nc2c(N(C)c3ccccc3)ncnc2n1C. The van der Waals surface area contributed by atoms with Crippen LogP contribution in [0.15, 0.2) is 36.7 Å². The van der Waals surface area contributed by atoms with Crippen molar-refractivity contribution >= 4 is 22.7 Å². The van der Waals surface area contributed by atoms with Gasteiger partial charge in [-0.25, -0.2) is 9.97 Å². The number of imidazole rings is 1. The van der Waals surface area contributed by atoms with Crippen LogP contribution in [0, 0.1) is 0 Å². The molecule has 2 heterocycles. The van der Waals surface area contributed by atoms with E-state index >= 15 is 0 Å². The Bertz CT molecular complexity index is 738. The van der Waals surface area contributed by atoms with Gasteiger partial charge in [0.15, 0.2) is 17.0 Å². The molecule has 0 aliphatic rings. The van der Waals surface area contributed by atoms with Gasteiger partial charge in [-0.05, 0) is 12.1 Å². The van der Waals surface area contributed by atoms with Gasteiger partial charge in [-0.3, -0.25) is 4.57 Å². The van der Waals surface area contributed by atoms with Gasteiger partial charge in [-0.15, -0.1) is 0 Å². The molecule has 20 heavy (non-hydrogen) atoms. The van der Waals surface area contributed by atoms with Crippen molar-refractivity contribution in [2.75, 3.05) is 19.1 Å². The third-order valence-corrected chi connectivity index (χ3v) is 3.24. The summed E-state index contributed by atoms with van der Waals surface area (Å²) in [5.74, 6) is 0.750. The van der Waals surface area contributed by atoms with E-state index in [1.807, 2.05) is 49.3 Å². The van der Waals surface area contributed by atoms with Crippen molar-refractivity contribution in [2.24, 2.45) is 7.05 Å². The number of aromatic nitrogens is 4. The Kier molecular flexibility index (Phi) is 2.98. The van der Waals surface area contributed by atoms with Crippen molar-refractivity contribution in [3.05, 3.63) is 36.7 Å². The van der Waals surface area contributed by atoms with E-state index in [2.05, 4.69) is 15.0 Å². The molecule has 1 aromatic carbocycles. The van der Waals surface area contributed by atoms with E-state index in [0.29, 0.717) is 6.01 Å². The van der Waals surface area contributed by atoms with Crippen molar-refractivity contribution in [3.63, 3.8) is 0 Å². The topological polar surface area (TPSA) is 56.1 Å². The van der Waals surface area contributed by atoms with Crippen LogP contribution in [-0.2, 0) is 7.05 Å². The normalized spacial score (nSPS) is 10.8. The average Bonchev–Trinajstić information content (AvgIpc) is 2.84. The predicted octanol–water partition coefficient (Wildman–Crippen LogP) is 2.14. The van der Waals surface area contributed by atoms with E-state index in [9.17, 15) is 0 Å². The van der Waals surface area contributed by atoms with Crippen molar-refractivity contribution in [1.29, 1.82) is 0 Å². The van der Waals surface area contributed by atoms with Gasteiger partial charge < -0.3 is 9.64 Å². The fourth-order valence-corrected chi connectivity index (χ4v) is 2.17. The lowest BCUT2D eigenvalue weighted by molar-refractivity contribution is 0.368. The van der Waals surface area contributed by atoms with Crippen LogP contribution in [0.2, 0.25) is 0 Å². The van der Waals surface area contributed by atoms with Crippen LogP contribution >= 0.6 is 0 Å². The van der Waals surface area contributed by atoms with E-state index in [4.69, 9.17) is 4.74 Å². The number of anilines is 2. The molecule has 0 aliphatic carbocycles. The lowest BCUT2D eigenvalue weighted by atomic mass is 10.3. The molecule has 102 valence electrons. The molecule has 0 unspecified atom stereocenters. The summed E-state index contributed by atoms with van der Waals surface area (Å²) in [7, 11) is 5.42. The third kappa shape index (κ3) is 1.85. The second kappa shape index (κ2) is 4.80. The summed E-state index contributed by atoms with van der Waals surface area (Å²) in [6.07, 6.45) is 1.54. The first-order valence-corrected chi connectivity index (χ1v) is 6.22. The number of methoxy groups -OCH3 is 1. The van der Waals surface area contributed by atoms with Crippen molar-refractivity contribution < 1.29 is 4.74 Å². The van der Waals surface area contributed by atoms with Crippen LogP contribution in [0.4, 0.5) is 11.5 Å². The van der Waals surface area contributed by atoms with Gasteiger partial charge in [0.25, 0.3) is 6.01 Å². The van der Waals surface area contributed by atoms with Crippen LogP contribution in [0.25, 0.3) is 11.2 Å². The summed E-state index contributed by atoms with van der Waals surface area (Å²) in [5, 5.41) is 0. The molecule has 0 N–H and O–H groups in total. The maximum absolute atomic E-state index is 5.24. The Hall–Kier alpha value is -2.63. The molecule has 3 aromatic rings. The second-order valence-corrected chi connectivity index (χ2v) is 4.42.